The Bertz CT molecular complexity index is 605. The van der Waals surface area contributed by atoms with Crippen LogP contribution in [0.2, 0.25) is 0 Å². The molecule has 3 heteroatoms. The summed E-state index contributed by atoms with van der Waals surface area (Å²) in [6, 6.07) is 2.75. The average molecular weight is 360 g/mol. The van der Waals surface area contributed by atoms with Crippen LogP contribution in [0.15, 0.2) is 12.3 Å². The van der Waals surface area contributed by atoms with Gasteiger partial charge in [0.1, 0.15) is 0 Å². The second kappa shape index (κ2) is 7.14. The molecule has 0 aromatic carbocycles. The van der Waals surface area contributed by atoms with Gasteiger partial charge in [-0.15, -0.1) is 0 Å². The number of aromatic nitrogens is 1. The summed E-state index contributed by atoms with van der Waals surface area (Å²) in [5, 5.41) is 3.87. The molecule has 3 nitrogen and oxygen atoms in total. The number of nitrogens with zero attached hydrogens (tertiary/aromatic N) is 2. The van der Waals surface area contributed by atoms with E-state index in [1.54, 1.807) is 0 Å². The highest BCUT2D eigenvalue weighted by Crippen LogP contribution is 2.43. The maximum absolute atomic E-state index is 4.78. The second-order valence-electron chi connectivity index (χ2n) is 11.3. The third-order valence-electron chi connectivity index (χ3n) is 5.96. The zero-order valence-electron chi connectivity index (χ0n) is 18.8. The van der Waals surface area contributed by atoms with Crippen LogP contribution in [0, 0.1) is 23.2 Å². The first-order chi connectivity index (χ1) is 11.7. The minimum absolute atomic E-state index is 0.174. The van der Waals surface area contributed by atoms with E-state index in [1.165, 1.54) is 17.7 Å². The second-order valence-corrected chi connectivity index (χ2v) is 11.3. The van der Waals surface area contributed by atoms with Gasteiger partial charge in [0.2, 0.25) is 0 Å². The number of hydrogen-bond donors (Lipinski definition) is 1. The lowest BCUT2D eigenvalue weighted by Crippen LogP contribution is -2.44. The van der Waals surface area contributed by atoms with Crippen LogP contribution in [0.1, 0.15) is 79.0 Å². The normalized spacial score (nSPS) is 21.9. The third-order valence-corrected chi connectivity index (χ3v) is 5.96. The summed E-state index contributed by atoms with van der Waals surface area (Å²) in [7, 11) is 2.23. The summed E-state index contributed by atoms with van der Waals surface area (Å²) >= 11 is 0. The van der Waals surface area contributed by atoms with Gasteiger partial charge in [0.25, 0.3) is 0 Å². The number of rotatable bonds is 3. The lowest BCUT2D eigenvalue weighted by molar-refractivity contribution is 0.114. The topological polar surface area (TPSA) is 28.2 Å². The van der Waals surface area contributed by atoms with Crippen LogP contribution in [0.3, 0.4) is 0 Å². The van der Waals surface area contributed by atoms with Crippen molar-refractivity contribution < 1.29 is 0 Å². The molecule has 1 aromatic rings. The standard InChI is InChI=1S/C23H41N3/c1-16-19(25-20(21(2,3)4)22(5,6)7)13-17(14-24-16)18-11-12-26(10)15-23(18,8)9/h13-14,18,20,25H,11-12,15H2,1-10H3. The Morgan fingerprint density at radius 3 is 2.23 bits per heavy atom. The molecule has 0 bridgehead atoms. The molecule has 0 saturated carbocycles. The van der Waals surface area contributed by atoms with Crippen molar-refractivity contribution in [2.75, 3.05) is 25.5 Å². The Labute approximate surface area is 162 Å². The van der Waals surface area contributed by atoms with Crippen molar-refractivity contribution in [2.45, 2.75) is 80.7 Å². The molecule has 0 amide bonds. The largest absolute Gasteiger partial charge is 0.380 e. The number of nitrogens with one attached hydrogen (secondary N) is 1. The molecule has 148 valence electrons. The van der Waals surface area contributed by atoms with Crippen molar-refractivity contribution in [2.24, 2.45) is 16.2 Å². The zero-order chi connectivity index (χ0) is 19.9. The Morgan fingerprint density at radius 2 is 1.73 bits per heavy atom. The SMILES string of the molecule is Cc1ncc(C2CCN(C)CC2(C)C)cc1NC(C(C)(C)C)C(C)(C)C. The molecule has 1 aliphatic rings. The molecule has 2 heterocycles. The molecule has 1 aliphatic heterocycles. The quantitative estimate of drug-likeness (QED) is 0.749. The van der Waals surface area contributed by atoms with Crippen molar-refractivity contribution >= 4 is 5.69 Å². The van der Waals surface area contributed by atoms with Gasteiger partial charge in [0, 0.05) is 18.8 Å². The molecule has 1 saturated heterocycles. The van der Waals surface area contributed by atoms with Gasteiger partial charge in [-0.05, 0) is 60.7 Å². The van der Waals surface area contributed by atoms with Gasteiger partial charge in [0.05, 0.1) is 11.4 Å². The fraction of sp³-hybridized carbons (Fsp3) is 0.783. The van der Waals surface area contributed by atoms with Crippen LogP contribution in [-0.4, -0.2) is 36.1 Å². The lowest BCUT2D eigenvalue weighted by atomic mass is 9.70. The highest BCUT2D eigenvalue weighted by Gasteiger charge is 2.37. The summed E-state index contributed by atoms with van der Waals surface area (Å²) in [5.41, 5.74) is 4.30. The molecule has 0 aliphatic carbocycles. The fourth-order valence-corrected chi connectivity index (χ4v) is 5.02. The summed E-state index contributed by atoms with van der Waals surface area (Å²) in [6.45, 7) is 23.1. The van der Waals surface area contributed by atoms with Crippen LogP contribution in [0.5, 0.6) is 0 Å². The highest BCUT2D eigenvalue weighted by atomic mass is 15.1. The first-order valence-electron chi connectivity index (χ1n) is 10.1. The minimum Gasteiger partial charge on any atom is -0.380 e. The average Bonchev–Trinajstić information content (AvgIpc) is 2.43. The lowest BCUT2D eigenvalue weighted by Gasteiger charge is -2.44. The van der Waals surface area contributed by atoms with Crippen molar-refractivity contribution in [3.05, 3.63) is 23.5 Å². The van der Waals surface area contributed by atoms with E-state index in [1.807, 2.05) is 0 Å². The monoisotopic (exact) mass is 359 g/mol. The van der Waals surface area contributed by atoms with Crippen LogP contribution >= 0.6 is 0 Å². The number of aryl methyl sites for hydroxylation is 1. The van der Waals surface area contributed by atoms with Crippen molar-refractivity contribution in [3.63, 3.8) is 0 Å². The number of pyridine rings is 1. The van der Waals surface area contributed by atoms with E-state index >= 15 is 0 Å². The van der Waals surface area contributed by atoms with Gasteiger partial charge in [-0.25, -0.2) is 0 Å². The fourth-order valence-electron chi connectivity index (χ4n) is 5.02. The van der Waals surface area contributed by atoms with E-state index in [2.05, 4.69) is 91.8 Å². The molecule has 1 unspecified atom stereocenters. The van der Waals surface area contributed by atoms with Gasteiger partial charge in [-0.2, -0.15) is 0 Å². The third kappa shape index (κ3) is 4.79. The van der Waals surface area contributed by atoms with Gasteiger partial charge in [-0.1, -0.05) is 55.4 Å². The van der Waals surface area contributed by atoms with E-state index in [4.69, 9.17) is 4.98 Å². The van der Waals surface area contributed by atoms with Gasteiger partial charge >= 0.3 is 0 Å². The van der Waals surface area contributed by atoms with Crippen molar-refractivity contribution in [3.8, 4) is 0 Å². The number of piperidine rings is 1. The minimum atomic E-state index is 0.174. The first-order valence-corrected chi connectivity index (χ1v) is 10.1. The molecule has 0 spiro atoms. The summed E-state index contributed by atoms with van der Waals surface area (Å²) in [5.74, 6) is 0.565. The van der Waals surface area contributed by atoms with Crippen LogP contribution in [0.25, 0.3) is 0 Å². The molecule has 0 radical (unpaired) electrons. The van der Waals surface area contributed by atoms with E-state index < -0.39 is 0 Å². The van der Waals surface area contributed by atoms with Gasteiger partial charge in [-0.3, -0.25) is 4.98 Å². The number of anilines is 1. The van der Waals surface area contributed by atoms with E-state index in [-0.39, 0.29) is 16.2 Å². The Balaban J connectivity index is 2.35. The van der Waals surface area contributed by atoms with Gasteiger partial charge in [0.15, 0.2) is 0 Å². The summed E-state index contributed by atoms with van der Waals surface area (Å²) in [4.78, 5) is 7.23. The molecule has 26 heavy (non-hydrogen) atoms. The first kappa shape index (κ1) is 21.2. The van der Waals surface area contributed by atoms with E-state index in [9.17, 15) is 0 Å². The zero-order valence-corrected chi connectivity index (χ0v) is 18.8. The predicted octanol–water partition coefficient (Wildman–Crippen LogP) is 5.71. The van der Waals surface area contributed by atoms with Crippen LogP contribution < -0.4 is 5.32 Å². The molecule has 1 N–H and O–H groups in total. The Morgan fingerprint density at radius 1 is 1.15 bits per heavy atom. The number of likely N-dealkylation sites (tertiary alicyclic amines) is 1. The van der Waals surface area contributed by atoms with Crippen LogP contribution in [-0.2, 0) is 0 Å². The van der Waals surface area contributed by atoms with Gasteiger partial charge < -0.3 is 10.2 Å². The Hall–Kier alpha value is -1.09. The highest BCUT2D eigenvalue weighted by molar-refractivity contribution is 5.51. The number of hydrogen-bond acceptors (Lipinski definition) is 3. The molecule has 2 rings (SSSR count). The molecular weight excluding hydrogens is 318 g/mol. The summed E-state index contributed by atoms with van der Waals surface area (Å²) < 4.78 is 0. The molecule has 1 atom stereocenters. The Kier molecular flexibility index (Phi) is 5.83. The van der Waals surface area contributed by atoms with Crippen molar-refractivity contribution in [1.82, 2.24) is 9.88 Å². The molecule has 1 fully saturated rings. The molecule has 1 aromatic heterocycles. The smallest absolute Gasteiger partial charge is 0.0604 e. The maximum atomic E-state index is 4.78. The van der Waals surface area contributed by atoms with E-state index in [0.29, 0.717) is 12.0 Å². The van der Waals surface area contributed by atoms with Crippen LogP contribution in [0.4, 0.5) is 5.69 Å². The van der Waals surface area contributed by atoms with E-state index in [0.717, 1.165) is 18.8 Å². The molecular formula is C23H41N3. The van der Waals surface area contributed by atoms with Crippen molar-refractivity contribution in [1.29, 1.82) is 0 Å². The predicted molar refractivity (Wildman–Crippen MR) is 114 cm³/mol. The maximum Gasteiger partial charge on any atom is 0.0604 e. The summed E-state index contributed by atoms with van der Waals surface area (Å²) in [6.07, 6.45) is 3.32.